The number of carbonyl (C=O) groups excluding carboxylic acids is 1. The van der Waals surface area contributed by atoms with Crippen LogP contribution in [0.5, 0.6) is 0 Å². The van der Waals surface area contributed by atoms with Crippen LogP contribution < -0.4 is 0 Å². The lowest BCUT2D eigenvalue weighted by Crippen LogP contribution is -2.48. The summed E-state index contributed by atoms with van der Waals surface area (Å²) in [4.78, 5) is 16.8. The maximum absolute atomic E-state index is 14.0. The summed E-state index contributed by atoms with van der Waals surface area (Å²) < 4.78 is 16.3. The fourth-order valence-corrected chi connectivity index (χ4v) is 5.10. The highest BCUT2D eigenvalue weighted by atomic mass is 35.5. The van der Waals surface area contributed by atoms with Gasteiger partial charge >= 0.3 is 0 Å². The lowest BCUT2D eigenvalue weighted by Gasteiger charge is -2.34. The highest BCUT2D eigenvalue weighted by molar-refractivity contribution is 7.99. The van der Waals surface area contributed by atoms with E-state index in [1.807, 2.05) is 4.90 Å². The van der Waals surface area contributed by atoms with E-state index in [4.69, 9.17) is 11.6 Å². The number of thioether (sulfide) groups is 1. The fraction of sp³-hybridized carbons (Fsp3) is 0.571. The minimum absolute atomic E-state index is 0.127. The molecular formula is C21H25ClFN5OS. The molecule has 30 heavy (non-hydrogen) atoms. The molecule has 1 saturated heterocycles. The Morgan fingerprint density at radius 3 is 2.57 bits per heavy atom. The Hall–Kier alpha value is -1.64. The second kappa shape index (κ2) is 8.48. The quantitative estimate of drug-likeness (QED) is 0.603. The van der Waals surface area contributed by atoms with E-state index >= 15 is 0 Å². The molecule has 0 N–H and O–H groups in total. The van der Waals surface area contributed by atoms with Crippen molar-refractivity contribution in [3.05, 3.63) is 40.4 Å². The highest BCUT2D eigenvalue weighted by Crippen LogP contribution is 2.46. The van der Waals surface area contributed by atoms with Gasteiger partial charge in [0.2, 0.25) is 5.91 Å². The molecule has 0 bridgehead atoms. The fourth-order valence-electron chi connectivity index (χ4n) is 3.96. The summed E-state index contributed by atoms with van der Waals surface area (Å²) in [6.07, 6.45) is 4.79. The number of rotatable bonds is 7. The van der Waals surface area contributed by atoms with Crippen LogP contribution in [0.25, 0.3) is 0 Å². The zero-order valence-corrected chi connectivity index (χ0v) is 18.3. The Balaban J connectivity index is 1.13. The Morgan fingerprint density at radius 1 is 1.13 bits per heavy atom. The van der Waals surface area contributed by atoms with E-state index in [0.29, 0.717) is 61.0 Å². The average Bonchev–Trinajstić information content (AvgIpc) is 3.68. The number of halogens is 2. The molecule has 160 valence electrons. The van der Waals surface area contributed by atoms with Gasteiger partial charge in [0.15, 0.2) is 5.16 Å². The van der Waals surface area contributed by atoms with Gasteiger partial charge in [0, 0.05) is 55.3 Å². The van der Waals surface area contributed by atoms with Crippen LogP contribution >= 0.6 is 23.4 Å². The Kier molecular flexibility index (Phi) is 5.73. The first kappa shape index (κ1) is 20.3. The molecule has 2 saturated carbocycles. The standard InChI is InChI=1S/C21H25ClFN5OS/c22-17-2-1-3-18(23)16(17)12-26-8-10-27(11-9-26)19(29)13-30-21-25-24-20(14-4-5-14)28(21)15-6-7-15/h1-3,14-15H,4-13H2. The van der Waals surface area contributed by atoms with Gasteiger partial charge in [-0.15, -0.1) is 10.2 Å². The van der Waals surface area contributed by atoms with Crippen LogP contribution in [-0.2, 0) is 11.3 Å². The van der Waals surface area contributed by atoms with Gasteiger partial charge in [-0.1, -0.05) is 29.4 Å². The number of piperazine rings is 1. The van der Waals surface area contributed by atoms with Crippen molar-refractivity contribution in [3.63, 3.8) is 0 Å². The second-order valence-electron chi connectivity index (χ2n) is 8.36. The van der Waals surface area contributed by atoms with Gasteiger partial charge in [-0.25, -0.2) is 4.39 Å². The minimum atomic E-state index is -0.275. The smallest absolute Gasteiger partial charge is 0.233 e. The molecule has 1 aliphatic heterocycles. The Morgan fingerprint density at radius 2 is 1.90 bits per heavy atom. The molecule has 3 fully saturated rings. The third kappa shape index (κ3) is 4.36. The molecule has 2 heterocycles. The van der Waals surface area contributed by atoms with Crippen molar-refractivity contribution in [1.29, 1.82) is 0 Å². The zero-order valence-electron chi connectivity index (χ0n) is 16.8. The van der Waals surface area contributed by atoms with E-state index in [1.54, 1.807) is 12.1 Å². The number of aromatic nitrogens is 3. The van der Waals surface area contributed by atoms with E-state index in [0.717, 1.165) is 11.0 Å². The summed E-state index contributed by atoms with van der Waals surface area (Å²) in [5.41, 5.74) is 0.528. The predicted octanol–water partition coefficient (Wildman–Crippen LogP) is 3.72. The van der Waals surface area contributed by atoms with E-state index in [2.05, 4.69) is 19.7 Å². The minimum Gasteiger partial charge on any atom is -0.339 e. The lowest BCUT2D eigenvalue weighted by molar-refractivity contribution is -0.130. The highest BCUT2D eigenvalue weighted by Gasteiger charge is 2.36. The lowest BCUT2D eigenvalue weighted by atomic mass is 10.2. The molecule has 6 nitrogen and oxygen atoms in total. The molecule has 0 atom stereocenters. The summed E-state index contributed by atoms with van der Waals surface area (Å²) in [5.74, 6) is 1.92. The number of amides is 1. The van der Waals surface area contributed by atoms with Gasteiger partial charge in [-0.05, 0) is 37.8 Å². The molecule has 2 aromatic rings. The molecule has 1 amide bonds. The number of hydrogen-bond acceptors (Lipinski definition) is 5. The monoisotopic (exact) mass is 449 g/mol. The van der Waals surface area contributed by atoms with Gasteiger partial charge in [-0.2, -0.15) is 0 Å². The van der Waals surface area contributed by atoms with Crippen molar-refractivity contribution in [2.45, 2.75) is 49.3 Å². The second-order valence-corrected chi connectivity index (χ2v) is 9.71. The average molecular weight is 450 g/mol. The first-order chi connectivity index (χ1) is 14.6. The molecule has 0 unspecified atom stereocenters. The van der Waals surface area contributed by atoms with E-state index in [-0.39, 0.29) is 11.7 Å². The maximum Gasteiger partial charge on any atom is 0.233 e. The third-order valence-corrected chi connectivity index (χ3v) is 7.32. The van der Waals surface area contributed by atoms with Gasteiger partial charge < -0.3 is 9.47 Å². The number of carbonyl (C=O) groups is 1. The summed E-state index contributed by atoms with van der Waals surface area (Å²) in [6.45, 7) is 3.19. The molecule has 1 aromatic heterocycles. The summed E-state index contributed by atoms with van der Waals surface area (Å²) in [7, 11) is 0. The molecule has 9 heteroatoms. The summed E-state index contributed by atoms with van der Waals surface area (Å²) >= 11 is 7.65. The molecule has 3 aliphatic rings. The number of nitrogens with zero attached hydrogens (tertiary/aromatic N) is 5. The largest absolute Gasteiger partial charge is 0.339 e. The van der Waals surface area contributed by atoms with Crippen LogP contribution in [0.2, 0.25) is 5.02 Å². The van der Waals surface area contributed by atoms with Gasteiger partial charge in [0.05, 0.1) is 5.75 Å². The predicted molar refractivity (Wildman–Crippen MR) is 114 cm³/mol. The van der Waals surface area contributed by atoms with Crippen molar-refractivity contribution in [1.82, 2.24) is 24.6 Å². The molecule has 1 aromatic carbocycles. The van der Waals surface area contributed by atoms with Crippen LogP contribution in [0.15, 0.2) is 23.4 Å². The van der Waals surface area contributed by atoms with Gasteiger partial charge in [-0.3, -0.25) is 9.69 Å². The number of hydrogen-bond donors (Lipinski definition) is 0. The van der Waals surface area contributed by atoms with Crippen molar-refractivity contribution >= 4 is 29.3 Å². The first-order valence-electron chi connectivity index (χ1n) is 10.6. The van der Waals surface area contributed by atoms with Crippen LogP contribution in [-0.4, -0.2) is 62.4 Å². The van der Waals surface area contributed by atoms with Gasteiger partial charge in [0.25, 0.3) is 0 Å². The maximum atomic E-state index is 14.0. The van der Waals surface area contributed by atoms with Crippen molar-refractivity contribution in [2.75, 3.05) is 31.9 Å². The molecule has 5 rings (SSSR count). The van der Waals surface area contributed by atoms with Crippen LogP contribution in [0.3, 0.4) is 0 Å². The Bertz CT molecular complexity index is 917. The molecule has 2 aliphatic carbocycles. The SMILES string of the molecule is O=C(CSc1nnc(C2CC2)n1C1CC1)N1CCN(Cc2c(F)cccc2Cl)CC1. The summed E-state index contributed by atoms with van der Waals surface area (Å²) in [6, 6.07) is 5.30. The topological polar surface area (TPSA) is 54.3 Å². The van der Waals surface area contributed by atoms with Crippen molar-refractivity contribution < 1.29 is 9.18 Å². The number of benzene rings is 1. The summed E-state index contributed by atoms with van der Waals surface area (Å²) in [5, 5.41) is 10.1. The van der Waals surface area contributed by atoms with Gasteiger partial charge in [0.1, 0.15) is 11.6 Å². The van der Waals surface area contributed by atoms with E-state index in [1.165, 1.54) is 43.5 Å². The van der Waals surface area contributed by atoms with Crippen LogP contribution in [0.1, 0.15) is 49.0 Å². The molecular weight excluding hydrogens is 425 g/mol. The van der Waals surface area contributed by atoms with Crippen molar-refractivity contribution in [3.8, 4) is 0 Å². The molecule has 0 radical (unpaired) electrons. The van der Waals surface area contributed by atoms with Crippen molar-refractivity contribution in [2.24, 2.45) is 0 Å². The normalized spacial score (nSPS) is 20.0. The van der Waals surface area contributed by atoms with E-state index in [9.17, 15) is 9.18 Å². The third-order valence-electron chi connectivity index (χ3n) is 6.04. The zero-order chi connectivity index (χ0) is 20.7. The van der Waals surface area contributed by atoms with Crippen LogP contribution in [0, 0.1) is 5.82 Å². The Labute approximate surface area is 184 Å². The van der Waals surface area contributed by atoms with E-state index < -0.39 is 0 Å². The first-order valence-corrected chi connectivity index (χ1v) is 12.0. The molecule has 0 spiro atoms. The van der Waals surface area contributed by atoms with Crippen LogP contribution in [0.4, 0.5) is 4.39 Å².